The quantitative estimate of drug-likeness (QED) is 0.708. The molecule has 0 aliphatic carbocycles. The summed E-state index contributed by atoms with van der Waals surface area (Å²) in [6.07, 6.45) is 0. The highest BCUT2D eigenvalue weighted by molar-refractivity contribution is 7.89. The number of benzene rings is 2. The number of carbonyl (C=O) groups is 1. The van der Waals surface area contributed by atoms with Crippen LogP contribution in [0.4, 0.5) is 5.69 Å². The Bertz CT molecular complexity index is 932. The Morgan fingerprint density at radius 3 is 2.48 bits per heavy atom. The number of carbonyl (C=O) groups excluding carboxylic acids is 1. The van der Waals surface area contributed by atoms with E-state index in [0.29, 0.717) is 11.0 Å². The molecule has 2 aromatic rings. The van der Waals surface area contributed by atoms with Crippen LogP contribution in [0, 0.1) is 0 Å². The normalized spacial score (nSPS) is 11.5. The van der Waals surface area contributed by atoms with Gasteiger partial charge in [-0.1, -0.05) is 28.2 Å². The van der Waals surface area contributed by atoms with E-state index in [-0.39, 0.29) is 15.5 Å². The fraction of sp³-hybridized carbons (Fsp3) is 0.278. The number of sulfonamides is 1. The molecule has 0 bridgehead atoms. The zero-order valence-electron chi connectivity index (χ0n) is 15.6. The van der Waals surface area contributed by atoms with Crippen LogP contribution >= 0.6 is 11.6 Å². The lowest BCUT2D eigenvalue weighted by Gasteiger charge is -2.16. The maximum Gasteiger partial charge on any atom is 0.266 e. The molecule has 146 valence electrons. The zero-order chi connectivity index (χ0) is 20.2. The molecule has 0 atom stereocenters. The summed E-state index contributed by atoms with van der Waals surface area (Å²) in [5.74, 6) is -0.404. The van der Waals surface area contributed by atoms with Crippen molar-refractivity contribution in [3.63, 3.8) is 0 Å². The van der Waals surface area contributed by atoms with Crippen LogP contribution in [0.15, 0.2) is 47.4 Å². The van der Waals surface area contributed by atoms with Crippen LogP contribution < -0.4 is 10.2 Å². The molecule has 9 heteroatoms. The molecule has 2 aromatic carbocycles. The van der Waals surface area contributed by atoms with Crippen LogP contribution in [-0.4, -0.2) is 47.0 Å². The van der Waals surface area contributed by atoms with Crippen molar-refractivity contribution in [3.05, 3.63) is 58.6 Å². The van der Waals surface area contributed by atoms with Crippen LogP contribution in [-0.2, 0) is 21.4 Å². The lowest BCUT2D eigenvalue weighted by molar-refractivity contribution is -0.0258. The van der Waals surface area contributed by atoms with E-state index in [1.54, 1.807) is 0 Å². The molecule has 0 saturated carbocycles. The Balaban J connectivity index is 2.20. The van der Waals surface area contributed by atoms with E-state index in [9.17, 15) is 13.2 Å². The lowest BCUT2D eigenvalue weighted by Crippen LogP contribution is -2.27. The minimum atomic E-state index is -3.96. The molecule has 1 amide bonds. The number of rotatable bonds is 7. The van der Waals surface area contributed by atoms with Gasteiger partial charge in [-0.3, -0.25) is 9.63 Å². The standard InChI is InChI=1S/C18H22ClN3O4S/c1-21(2)15-7-5-6-13(10-15)12-20-18(23)14-8-9-16(19)17(11-14)27(24,25)22(3)26-4/h5-11H,12H2,1-4H3,(H,20,23). The smallest absolute Gasteiger partial charge is 0.266 e. The topological polar surface area (TPSA) is 78.9 Å². The van der Waals surface area contributed by atoms with Gasteiger partial charge in [-0.25, -0.2) is 8.42 Å². The van der Waals surface area contributed by atoms with E-state index in [1.165, 1.54) is 32.4 Å². The number of nitrogens with one attached hydrogen (secondary N) is 1. The first-order valence-electron chi connectivity index (χ1n) is 8.04. The Labute approximate surface area is 164 Å². The molecule has 0 radical (unpaired) electrons. The van der Waals surface area contributed by atoms with Crippen molar-refractivity contribution in [2.75, 3.05) is 33.2 Å². The third-order valence-corrected chi connectivity index (χ3v) is 6.11. The lowest BCUT2D eigenvalue weighted by atomic mass is 10.1. The van der Waals surface area contributed by atoms with Gasteiger partial charge in [-0.05, 0) is 35.9 Å². The number of anilines is 1. The number of hydrogen-bond donors (Lipinski definition) is 1. The second kappa shape index (κ2) is 8.71. The fourth-order valence-electron chi connectivity index (χ4n) is 2.31. The Kier molecular flexibility index (Phi) is 6.83. The molecule has 0 spiro atoms. The first-order chi connectivity index (χ1) is 12.7. The minimum absolute atomic E-state index is 0.00846. The zero-order valence-corrected chi connectivity index (χ0v) is 17.1. The first kappa shape index (κ1) is 21.2. The highest BCUT2D eigenvalue weighted by Crippen LogP contribution is 2.25. The molecule has 7 nitrogen and oxygen atoms in total. The van der Waals surface area contributed by atoms with Gasteiger partial charge in [0.05, 0.1) is 12.1 Å². The van der Waals surface area contributed by atoms with Crippen molar-refractivity contribution in [1.29, 1.82) is 0 Å². The first-order valence-corrected chi connectivity index (χ1v) is 9.85. The number of hydrogen-bond acceptors (Lipinski definition) is 5. The third-order valence-electron chi connectivity index (χ3n) is 3.95. The molecule has 0 unspecified atom stereocenters. The highest BCUT2D eigenvalue weighted by Gasteiger charge is 2.25. The largest absolute Gasteiger partial charge is 0.378 e. The summed E-state index contributed by atoms with van der Waals surface area (Å²) in [7, 11) is 2.38. The molecule has 1 N–H and O–H groups in total. The van der Waals surface area contributed by atoms with Crippen molar-refractivity contribution in [1.82, 2.24) is 9.79 Å². The average Bonchev–Trinajstić information content (AvgIpc) is 2.65. The summed E-state index contributed by atoms with van der Waals surface area (Å²) in [6, 6.07) is 11.8. The number of hydroxylamine groups is 1. The van der Waals surface area contributed by atoms with Crippen molar-refractivity contribution >= 4 is 33.2 Å². The number of amides is 1. The van der Waals surface area contributed by atoms with Gasteiger partial charge in [0.25, 0.3) is 15.9 Å². The van der Waals surface area contributed by atoms with Gasteiger partial charge in [-0.15, -0.1) is 0 Å². The third kappa shape index (κ3) is 4.98. The van der Waals surface area contributed by atoms with E-state index in [4.69, 9.17) is 16.4 Å². The maximum absolute atomic E-state index is 12.5. The Morgan fingerprint density at radius 1 is 1.15 bits per heavy atom. The van der Waals surface area contributed by atoms with Crippen LogP contribution in [0.3, 0.4) is 0 Å². The fourth-order valence-corrected chi connectivity index (χ4v) is 3.78. The van der Waals surface area contributed by atoms with Gasteiger partial charge in [0.2, 0.25) is 0 Å². The van der Waals surface area contributed by atoms with E-state index in [0.717, 1.165) is 11.3 Å². The van der Waals surface area contributed by atoms with E-state index in [1.807, 2.05) is 43.3 Å². The van der Waals surface area contributed by atoms with Crippen LogP contribution in [0.25, 0.3) is 0 Å². The van der Waals surface area contributed by atoms with Gasteiger partial charge in [0.15, 0.2) is 0 Å². The highest BCUT2D eigenvalue weighted by atomic mass is 35.5. The molecule has 2 rings (SSSR count). The summed E-state index contributed by atoms with van der Waals surface area (Å²) >= 11 is 6.01. The number of nitrogens with zero attached hydrogens (tertiary/aromatic N) is 2. The average molecular weight is 412 g/mol. The Morgan fingerprint density at radius 2 is 1.85 bits per heavy atom. The predicted molar refractivity (Wildman–Crippen MR) is 105 cm³/mol. The molecule has 0 saturated heterocycles. The number of halogens is 1. The van der Waals surface area contributed by atoms with Crippen molar-refractivity contribution < 1.29 is 18.0 Å². The van der Waals surface area contributed by atoms with Crippen molar-refractivity contribution in [2.45, 2.75) is 11.4 Å². The minimum Gasteiger partial charge on any atom is -0.378 e. The summed E-state index contributed by atoms with van der Waals surface area (Å²) in [6.45, 7) is 0.309. The van der Waals surface area contributed by atoms with Crippen LogP contribution in [0.1, 0.15) is 15.9 Å². The maximum atomic E-state index is 12.5. The van der Waals surface area contributed by atoms with Crippen molar-refractivity contribution in [2.24, 2.45) is 0 Å². The van der Waals surface area contributed by atoms with E-state index >= 15 is 0 Å². The molecule has 0 fully saturated rings. The van der Waals surface area contributed by atoms with Gasteiger partial charge in [0.1, 0.15) is 4.90 Å². The van der Waals surface area contributed by atoms with Crippen molar-refractivity contribution in [3.8, 4) is 0 Å². The van der Waals surface area contributed by atoms with Gasteiger partial charge in [0, 0.05) is 38.9 Å². The monoisotopic (exact) mass is 411 g/mol. The summed E-state index contributed by atoms with van der Waals surface area (Å²) in [5, 5.41) is 2.79. The molecule has 0 aliphatic rings. The molecule has 0 aliphatic heterocycles. The molecular formula is C18H22ClN3O4S. The second-order valence-electron chi connectivity index (χ2n) is 5.99. The van der Waals surface area contributed by atoms with E-state index in [2.05, 4.69) is 5.32 Å². The van der Waals surface area contributed by atoms with Gasteiger partial charge < -0.3 is 10.2 Å². The van der Waals surface area contributed by atoms with E-state index < -0.39 is 15.9 Å². The SMILES string of the molecule is CON(C)S(=O)(=O)c1cc(C(=O)NCc2cccc(N(C)C)c2)ccc1Cl. The summed E-state index contributed by atoms with van der Waals surface area (Å²) < 4.78 is 25.5. The predicted octanol–water partition coefficient (Wildman–Crippen LogP) is 2.52. The molecule has 27 heavy (non-hydrogen) atoms. The summed E-state index contributed by atoms with van der Waals surface area (Å²) in [5.41, 5.74) is 2.13. The molecule has 0 heterocycles. The van der Waals surface area contributed by atoms with Crippen LogP contribution in [0.2, 0.25) is 5.02 Å². The molecule has 0 aromatic heterocycles. The van der Waals surface area contributed by atoms with Gasteiger partial charge in [-0.2, -0.15) is 0 Å². The van der Waals surface area contributed by atoms with Crippen LogP contribution in [0.5, 0.6) is 0 Å². The Hall–Kier alpha value is -2.13. The second-order valence-corrected chi connectivity index (χ2v) is 8.30. The molecular weight excluding hydrogens is 390 g/mol. The van der Waals surface area contributed by atoms with Gasteiger partial charge >= 0.3 is 0 Å². The summed E-state index contributed by atoms with van der Waals surface area (Å²) in [4.78, 5) is 19.0.